The van der Waals surface area contributed by atoms with E-state index < -0.39 is 23.6 Å². The van der Waals surface area contributed by atoms with Gasteiger partial charge in [0.25, 0.3) is 0 Å². The number of carbonyl (C=O) groups excluding carboxylic acids is 5. The molecule has 0 aromatic heterocycles. The normalized spacial score (nSPS) is 12.1. The fourth-order valence-electron chi connectivity index (χ4n) is 6.97. The Labute approximate surface area is 539 Å². The molecule has 0 heterocycles. The van der Waals surface area contributed by atoms with E-state index in [1.807, 2.05) is 25.1 Å². The van der Waals surface area contributed by atoms with E-state index in [4.69, 9.17) is 48.6 Å². The quantitative estimate of drug-likeness (QED) is 0.0359. The highest BCUT2D eigenvalue weighted by atomic mass is 32.2. The van der Waals surface area contributed by atoms with Crippen molar-refractivity contribution in [1.82, 2.24) is 10.2 Å². The van der Waals surface area contributed by atoms with Gasteiger partial charge in [-0.2, -0.15) is 24.9 Å². The second-order valence-electron chi connectivity index (χ2n) is 21.5. The highest BCUT2D eigenvalue weighted by molar-refractivity contribution is 7.99. The third-order valence-corrected chi connectivity index (χ3v) is 13.7. The molecule has 0 bridgehead atoms. The summed E-state index contributed by atoms with van der Waals surface area (Å²) in [4.78, 5) is 60.6. The zero-order valence-corrected chi connectivity index (χ0v) is 57.3. The molecule has 2 aromatic carbocycles. The first-order chi connectivity index (χ1) is 42.6. The minimum Gasteiger partial charge on any atom is -0.379 e. The number of nitrogens with zero attached hydrogens (tertiary/aromatic N) is 2. The third-order valence-electron chi connectivity index (χ3n) is 12.4. The van der Waals surface area contributed by atoms with Crippen LogP contribution in [0.2, 0.25) is 0 Å². The molecule has 0 aliphatic rings. The Hall–Kier alpha value is -4.82. The lowest BCUT2D eigenvalue weighted by Crippen LogP contribution is -2.34. The number of alkyl halides is 3. The van der Waals surface area contributed by atoms with E-state index in [0.717, 1.165) is 43.0 Å². The highest BCUT2D eigenvalue weighted by Gasteiger charge is 2.34. The van der Waals surface area contributed by atoms with E-state index >= 15 is 0 Å². The molecular formula is C67H111F5N4O13S. The fraction of sp³-hybridized carbons (Fsp3) is 0.672. The van der Waals surface area contributed by atoms with Crippen molar-refractivity contribution in [3.63, 3.8) is 0 Å². The number of rotatable bonds is 44. The van der Waals surface area contributed by atoms with Crippen molar-refractivity contribution in [3.05, 3.63) is 89.6 Å². The Kier molecular flexibility index (Phi) is 57.6. The third kappa shape index (κ3) is 53.8. The summed E-state index contributed by atoms with van der Waals surface area (Å²) < 4.78 is 104. The van der Waals surface area contributed by atoms with Gasteiger partial charge in [-0.15, -0.1) is 0 Å². The lowest BCUT2D eigenvalue weighted by Gasteiger charge is -2.32. The van der Waals surface area contributed by atoms with Crippen LogP contribution in [0.1, 0.15) is 140 Å². The predicted octanol–water partition coefficient (Wildman–Crippen LogP) is 12.3. The summed E-state index contributed by atoms with van der Waals surface area (Å²) in [5.74, 6) is -0.313. The molecule has 0 aliphatic heterocycles. The molecule has 2 atom stereocenters. The van der Waals surface area contributed by atoms with Gasteiger partial charge in [-0.05, 0) is 100 Å². The number of benzene rings is 2. The number of ether oxygens (including phenoxy) is 8. The lowest BCUT2D eigenvalue weighted by atomic mass is 9.74. The van der Waals surface area contributed by atoms with Crippen LogP contribution in [0.3, 0.4) is 0 Å². The second-order valence-corrected chi connectivity index (χ2v) is 22.7. The van der Waals surface area contributed by atoms with Crippen LogP contribution < -0.4 is 11.1 Å². The second kappa shape index (κ2) is 58.0. The number of nitrogens with two attached hydrogens (primary N) is 1. The summed E-state index contributed by atoms with van der Waals surface area (Å²) in [6.07, 6.45) is 2.55. The van der Waals surface area contributed by atoms with Crippen LogP contribution >= 0.6 is 11.8 Å². The number of hydrogen-bond acceptors (Lipinski definition) is 16. The minimum absolute atomic E-state index is 0.00309. The number of thioether (sulfide) groups is 1. The van der Waals surface area contributed by atoms with Crippen molar-refractivity contribution in [2.75, 3.05) is 137 Å². The summed E-state index contributed by atoms with van der Waals surface area (Å²) in [5.41, 5.74) is 8.70. The summed E-state index contributed by atoms with van der Waals surface area (Å²) in [7, 11) is 0. The molecule has 3 N–H and O–H groups in total. The molecule has 0 fully saturated rings. The molecule has 2 aromatic rings. The molecule has 0 aliphatic carbocycles. The molecule has 518 valence electrons. The van der Waals surface area contributed by atoms with Crippen molar-refractivity contribution in [2.24, 2.45) is 28.0 Å². The Bertz CT molecular complexity index is 2250. The number of carbonyl (C=O) groups is 5. The van der Waals surface area contributed by atoms with Crippen LogP contribution in [0.25, 0.3) is 5.70 Å². The smallest absolute Gasteiger partial charge is 0.379 e. The van der Waals surface area contributed by atoms with Gasteiger partial charge in [0.1, 0.15) is 23.2 Å². The van der Waals surface area contributed by atoms with Gasteiger partial charge in [0, 0.05) is 56.2 Å². The van der Waals surface area contributed by atoms with Crippen molar-refractivity contribution in [2.45, 2.75) is 141 Å². The topological polar surface area (TPSA) is 213 Å². The van der Waals surface area contributed by atoms with Gasteiger partial charge in [0.15, 0.2) is 0 Å². The van der Waals surface area contributed by atoms with Crippen LogP contribution in [-0.4, -0.2) is 183 Å². The number of unbranched alkanes of at least 4 members (excludes halogenated alkanes) is 1. The number of nitrogens with one attached hydrogen (secondary N) is 1. The predicted molar refractivity (Wildman–Crippen MR) is 351 cm³/mol. The summed E-state index contributed by atoms with van der Waals surface area (Å²) in [6.45, 7) is 36.9. The first-order valence-electron chi connectivity index (χ1n) is 31.1. The molecule has 2 rings (SSSR count). The first kappa shape index (κ1) is 89.4. The van der Waals surface area contributed by atoms with Gasteiger partial charge in [-0.25, -0.2) is 8.78 Å². The first-order valence-corrected chi connectivity index (χ1v) is 32.2. The molecule has 0 saturated heterocycles. The van der Waals surface area contributed by atoms with Crippen molar-refractivity contribution in [3.8, 4) is 0 Å². The van der Waals surface area contributed by atoms with E-state index in [9.17, 15) is 45.9 Å². The molecule has 90 heavy (non-hydrogen) atoms. The Morgan fingerprint density at radius 2 is 1.16 bits per heavy atom. The Morgan fingerprint density at radius 1 is 0.689 bits per heavy atom. The van der Waals surface area contributed by atoms with Gasteiger partial charge >= 0.3 is 6.18 Å². The molecule has 2 unspecified atom stereocenters. The zero-order valence-electron chi connectivity index (χ0n) is 56.4. The van der Waals surface area contributed by atoms with Gasteiger partial charge in [-0.1, -0.05) is 105 Å². The fourth-order valence-corrected chi connectivity index (χ4v) is 7.69. The maximum absolute atomic E-state index is 14.4. The van der Waals surface area contributed by atoms with E-state index in [1.165, 1.54) is 29.4 Å². The summed E-state index contributed by atoms with van der Waals surface area (Å²) in [6, 6.07) is 13.8. The maximum atomic E-state index is 14.4. The summed E-state index contributed by atoms with van der Waals surface area (Å²) >= 11 is 1.71. The van der Waals surface area contributed by atoms with Crippen molar-refractivity contribution >= 4 is 52.3 Å². The van der Waals surface area contributed by atoms with Crippen LogP contribution in [0.4, 0.5) is 22.0 Å². The van der Waals surface area contributed by atoms with Gasteiger partial charge in [0.05, 0.1) is 117 Å². The molecule has 0 radical (unpaired) electrons. The largest absolute Gasteiger partial charge is 0.449 e. The average molecular weight is 1310 g/mol. The molecule has 17 nitrogen and oxygen atoms in total. The minimum atomic E-state index is -4.64. The SMILES string of the molecule is C/C=C(\N=C(C(C)Cc1ccccc1)C(C)C(C)(C)C)c1cc(F)ccc1F.C=C(C)N(CCC(=O)NCCOCCOCCOCCOCCOCCOCCOCCOCCC(C)=O)C(=O)CC.CC(=O)C(F)(F)F.CCCCN.CCCSCC(C)=O. The van der Waals surface area contributed by atoms with E-state index in [0.29, 0.717) is 156 Å². The summed E-state index contributed by atoms with van der Waals surface area (Å²) in [5, 5.41) is 2.77. The molecular weight excluding hydrogens is 1200 g/mol. The van der Waals surface area contributed by atoms with Crippen LogP contribution in [0, 0.1) is 28.9 Å². The number of hydrogen-bond donors (Lipinski definition) is 2. The average Bonchev–Trinajstić information content (AvgIpc) is 0.941. The molecule has 0 spiro atoms. The van der Waals surface area contributed by atoms with Crippen LogP contribution in [-0.2, 0) is 68.3 Å². The molecule has 0 saturated carbocycles. The van der Waals surface area contributed by atoms with E-state index in [1.54, 1.807) is 45.5 Å². The number of aliphatic imine (C=N–C) groups is 1. The van der Waals surface area contributed by atoms with Crippen molar-refractivity contribution in [1.29, 1.82) is 0 Å². The van der Waals surface area contributed by atoms with Crippen LogP contribution in [0.5, 0.6) is 0 Å². The van der Waals surface area contributed by atoms with E-state index in [-0.39, 0.29) is 52.6 Å². The van der Waals surface area contributed by atoms with Gasteiger partial charge in [0.2, 0.25) is 17.6 Å². The molecule has 23 heteroatoms. The van der Waals surface area contributed by atoms with Crippen molar-refractivity contribution < 1.29 is 83.8 Å². The van der Waals surface area contributed by atoms with Crippen LogP contribution in [0.15, 0.2) is 71.9 Å². The zero-order chi connectivity index (χ0) is 68.6. The number of amides is 2. The lowest BCUT2D eigenvalue weighted by molar-refractivity contribution is -0.168. The Balaban J connectivity index is -0.00000133. The number of halogens is 5. The number of Topliss-reactive ketones (excluding diaryl/α,β-unsaturated/α-hetero) is 3. The molecule has 2 amide bonds. The van der Waals surface area contributed by atoms with Gasteiger partial charge < -0.3 is 53.8 Å². The number of ketones is 3. The monoisotopic (exact) mass is 1310 g/mol. The Morgan fingerprint density at radius 3 is 1.52 bits per heavy atom. The standard InChI is InChI=1S/C29H54N2O11.C25H31F2N.C6H12OS.C4H11N.C3H3F3O/c1-5-29(34)31(26(2)3)9-6-28(33)30-8-11-36-13-15-38-17-19-40-21-23-42-25-24-41-22-20-39-18-16-37-14-12-35-10-7-27(4)32;1-7-23(21-16-20(26)13-14-22(21)27)28-24(18(3)25(4,5)6)17(2)15-19-11-9-8-10-12-19;1-3-4-8-5-6(2)7;1-2-3-4-5;1-2(7)3(4,5)6/h2,5-25H2,1,3-4H3,(H,30,33);7-14,16-18H,15H2,1-6H3;3-5H2,1-2H3;2-5H2,1H3;1H3/b;23-7-,28-24?;;;. The van der Waals surface area contributed by atoms with Gasteiger partial charge in [-0.3, -0.25) is 29.0 Å². The maximum Gasteiger partial charge on any atom is 0.449 e. The highest BCUT2D eigenvalue weighted by Crippen LogP contribution is 2.33. The number of allylic oxidation sites excluding steroid dienone is 2. The van der Waals surface area contributed by atoms with E-state index in [2.05, 4.69) is 72.5 Å².